The maximum absolute atomic E-state index is 12.1. The lowest BCUT2D eigenvalue weighted by atomic mass is 9.90. The Kier molecular flexibility index (Phi) is 4.26. The number of hydrogen-bond donors (Lipinski definition) is 0. The van der Waals surface area contributed by atoms with Gasteiger partial charge in [0.05, 0.1) is 14.2 Å². The highest BCUT2D eigenvalue weighted by Gasteiger charge is 2.23. The number of ketones is 2. The first kappa shape index (κ1) is 15.0. The maximum atomic E-state index is 12.1. The molecule has 0 N–H and O–H groups in total. The molecule has 4 nitrogen and oxygen atoms in total. The molecule has 21 heavy (non-hydrogen) atoms. The van der Waals surface area contributed by atoms with Gasteiger partial charge in [-0.1, -0.05) is 6.92 Å². The summed E-state index contributed by atoms with van der Waals surface area (Å²) in [5.41, 5.74) is 2.96. The van der Waals surface area contributed by atoms with Crippen LogP contribution in [0.15, 0.2) is 58.1 Å². The first-order chi connectivity index (χ1) is 10.0. The second-order valence-electron chi connectivity index (χ2n) is 4.84. The zero-order chi connectivity index (χ0) is 15.6. The summed E-state index contributed by atoms with van der Waals surface area (Å²) >= 11 is 0. The van der Waals surface area contributed by atoms with E-state index in [1.54, 1.807) is 25.2 Å². The third-order valence-corrected chi connectivity index (χ3v) is 3.53. The van der Waals surface area contributed by atoms with Crippen molar-refractivity contribution >= 4 is 11.6 Å². The van der Waals surface area contributed by atoms with Crippen molar-refractivity contribution in [2.45, 2.75) is 20.3 Å². The highest BCUT2D eigenvalue weighted by Crippen LogP contribution is 2.28. The highest BCUT2D eigenvalue weighted by molar-refractivity contribution is 6.10. The van der Waals surface area contributed by atoms with Crippen molar-refractivity contribution in [3.63, 3.8) is 0 Å². The van der Waals surface area contributed by atoms with E-state index in [4.69, 9.17) is 9.47 Å². The van der Waals surface area contributed by atoms with Gasteiger partial charge in [0.1, 0.15) is 0 Å². The molecule has 0 bridgehead atoms. The minimum atomic E-state index is -0.121. The molecule has 0 radical (unpaired) electrons. The first-order valence-corrected chi connectivity index (χ1v) is 6.75. The van der Waals surface area contributed by atoms with E-state index in [0.29, 0.717) is 29.1 Å². The number of allylic oxidation sites excluding steroid dienone is 8. The molecule has 0 saturated heterocycles. The van der Waals surface area contributed by atoms with Gasteiger partial charge in [0.2, 0.25) is 11.6 Å². The molecule has 4 heteroatoms. The largest absolute Gasteiger partial charge is 0.493 e. The van der Waals surface area contributed by atoms with Crippen LogP contribution in [0.4, 0.5) is 0 Å². The lowest BCUT2D eigenvalue weighted by Gasteiger charge is -2.17. The van der Waals surface area contributed by atoms with E-state index in [0.717, 1.165) is 11.1 Å². The van der Waals surface area contributed by atoms with E-state index in [2.05, 4.69) is 0 Å². The normalized spacial score (nSPS) is 22.3. The average molecular weight is 286 g/mol. The van der Waals surface area contributed by atoms with Crippen LogP contribution in [-0.4, -0.2) is 25.8 Å². The van der Waals surface area contributed by atoms with Crippen LogP contribution in [0.5, 0.6) is 0 Å². The Morgan fingerprint density at radius 2 is 1.38 bits per heavy atom. The smallest absolute Gasteiger partial charge is 0.223 e. The second-order valence-corrected chi connectivity index (χ2v) is 4.84. The topological polar surface area (TPSA) is 52.6 Å². The van der Waals surface area contributed by atoms with E-state index in [-0.39, 0.29) is 11.6 Å². The van der Waals surface area contributed by atoms with Crippen molar-refractivity contribution in [2.75, 3.05) is 14.2 Å². The Labute approximate surface area is 124 Å². The summed E-state index contributed by atoms with van der Waals surface area (Å²) in [5, 5.41) is 0. The Morgan fingerprint density at radius 1 is 0.857 bits per heavy atom. The number of Topliss-reactive ketones (excluding diaryl/α,β-unsaturated/α-hetero) is 2. The molecule has 0 aromatic rings. The van der Waals surface area contributed by atoms with Crippen LogP contribution in [0.2, 0.25) is 0 Å². The van der Waals surface area contributed by atoms with E-state index < -0.39 is 0 Å². The van der Waals surface area contributed by atoms with Gasteiger partial charge in [-0.3, -0.25) is 9.59 Å². The van der Waals surface area contributed by atoms with Crippen molar-refractivity contribution in [1.29, 1.82) is 0 Å². The molecule has 0 amide bonds. The molecular weight excluding hydrogens is 268 g/mol. The fraction of sp³-hybridized carbons (Fsp3) is 0.294. The Bertz CT molecular complexity index is 628. The summed E-state index contributed by atoms with van der Waals surface area (Å²) < 4.78 is 10.3. The number of carbonyl (C=O) groups is 2. The molecular formula is C17H18O4. The minimum absolute atomic E-state index is 0.0899. The van der Waals surface area contributed by atoms with E-state index in [1.165, 1.54) is 14.2 Å². The third-order valence-electron chi connectivity index (χ3n) is 3.53. The molecule has 2 rings (SSSR count). The molecule has 0 saturated carbocycles. The van der Waals surface area contributed by atoms with Crippen molar-refractivity contribution in [1.82, 2.24) is 0 Å². The molecule has 0 heterocycles. The van der Waals surface area contributed by atoms with Gasteiger partial charge in [0, 0.05) is 11.1 Å². The van der Waals surface area contributed by atoms with Crippen molar-refractivity contribution in [3.05, 3.63) is 58.1 Å². The molecule has 0 unspecified atom stereocenters. The summed E-state index contributed by atoms with van der Waals surface area (Å²) in [6.07, 6.45) is 7.64. The monoisotopic (exact) mass is 286 g/mol. The summed E-state index contributed by atoms with van der Waals surface area (Å²) in [6, 6.07) is 0. The third kappa shape index (κ3) is 2.75. The summed E-state index contributed by atoms with van der Waals surface area (Å²) in [6.45, 7) is 3.67. The summed E-state index contributed by atoms with van der Waals surface area (Å²) in [5.74, 6) is 0.401. The Morgan fingerprint density at radius 3 is 1.90 bits per heavy atom. The SMILES string of the molecule is CCC1=C/C(=C2/C=C(C)C(=O)C(OC)=C2)C=C(OC)C1=O. The number of hydrogen-bond acceptors (Lipinski definition) is 4. The summed E-state index contributed by atoms with van der Waals surface area (Å²) in [7, 11) is 2.95. The lowest BCUT2D eigenvalue weighted by molar-refractivity contribution is -0.115. The van der Waals surface area contributed by atoms with Gasteiger partial charge in [-0.05, 0) is 48.8 Å². The van der Waals surface area contributed by atoms with Gasteiger partial charge in [0.15, 0.2) is 11.5 Å². The van der Waals surface area contributed by atoms with Crippen molar-refractivity contribution in [2.24, 2.45) is 0 Å². The fourth-order valence-electron chi connectivity index (χ4n) is 2.30. The predicted octanol–water partition coefficient (Wildman–Crippen LogP) is 2.79. The zero-order valence-electron chi connectivity index (χ0n) is 12.6. The lowest BCUT2D eigenvalue weighted by Crippen LogP contribution is -2.14. The van der Waals surface area contributed by atoms with Gasteiger partial charge in [-0.15, -0.1) is 0 Å². The molecule has 0 atom stereocenters. The number of methoxy groups -OCH3 is 2. The Hall–Kier alpha value is -2.36. The molecule has 0 aliphatic heterocycles. The molecule has 0 aromatic carbocycles. The van der Waals surface area contributed by atoms with Gasteiger partial charge >= 0.3 is 0 Å². The molecule has 2 aliphatic carbocycles. The average Bonchev–Trinajstić information content (AvgIpc) is 2.50. The van der Waals surface area contributed by atoms with Gasteiger partial charge in [-0.2, -0.15) is 0 Å². The van der Waals surface area contributed by atoms with Gasteiger partial charge in [0.25, 0.3) is 0 Å². The number of ether oxygens (including phenoxy) is 2. The highest BCUT2D eigenvalue weighted by atomic mass is 16.5. The zero-order valence-corrected chi connectivity index (χ0v) is 12.6. The molecule has 0 fully saturated rings. The quantitative estimate of drug-likeness (QED) is 0.800. The van der Waals surface area contributed by atoms with Gasteiger partial charge in [-0.25, -0.2) is 0 Å². The Balaban J connectivity index is 2.59. The maximum Gasteiger partial charge on any atom is 0.223 e. The second kappa shape index (κ2) is 5.95. The van der Waals surface area contributed by atoms with Crippen molar-refractivity contribution < 1.29 is 19.1 Å². The first-order valence-electron chi connectivity index (χ1n) is 6.75. The van der Waals surface area contributed by atoms with Crippen LogP contribution < -0.4 is 0 Å². The minimum Gasteiger partial charge on any atom is -0.493 e. The predicted molar refractivity (Wildman–Crippen MR) is 79.4 cm³/mol. The van der Waals surface area contributed by atoms with Gasteiger partial charge < -0.3 is 9.47 Å². The van der Waals surface area contributed by atoms with Crippen molar-refractivity contribution in [3.8, 4) is 0 Å². The fourth-order valence-corrected chi connectivity index (χ4v) is 2.30. The molecule has 0 spiro atoms. The van der Waals surface area contributed by atoms with Crippen LogP contribution in [0.3, 0.4) is 0 Å². The van der Waals surface area contributed by atoms with E-state index >= 15 is 0 Å². The molecule has 110 valence electrons. The standard InChI is InChI=1S/C17H18O4/c1-5-11-7-13(9-15(21-4)17(11)19)12-6-10(2)16(18)14(8-12)20-3/h6-9H,5H2,1-4H3/b13-12+. The molecule has 2 aliphatic rings. The number of carbonyl (C=O) groups excluding carboxylic acids is 2. The van der Waals surface area contributed by atoms with E-state index in [9.17, 15) is 9.59 Å². The number of rotatable bonds is 3. The molecule has 0 aromatic heterocycles. The van der Waals surface area contributed by atoms with Crippen LogP contribution >= 0.6 is 0 Å². The van der Waals surface area contributed by atoms with Crippen LogP contribution in [-0.2, 0) is 19.1 Å². The van der Waals surface area contributed by atoms with Crippen LogP contribution in [0, 0.1) is 0 Å². The summed E-state index contributed by atoms with van der Waals surface area (Å²) in [4.78, 5) is 23.9. The van der Waals surface area contributed by atoms with E-state index in [1.807, 2.05) is 13.0 Å². The van der Waals surface area contributed by atoms with Crippen LogP contribution in [0.25, 0.3) is 0 Å². The van der Waals surface area contributed by atoms with Crippen LogP contribution in [0.1, 0.15) is 20.3 Å².